The molecule has 3 rings (SSSR count). The van der Waals surface area contributed by atoms with E-state index in [1.54, 1.807) is 32.0 Å². The van der Waals surface area contributed by atoms with Gasteiger partial charge in [-0.15, -0.1) is 0 Å². The summed E-state index contributed by atoms with van der Waals surface area (Å²) in [6, 6.07) is 10.4. The quantitative estimate of drug-likeness (QED) is 0.496. The van der Waals surface area contributed by atoms with Gasteiger partial charge in [0.25, 0.3) is 0 Å². The molecule has 27 heavy (non-hydrogen) atoms. The van der Waals surface area contributed by atoms with E-state index in [0.29, 0.717) is 21.4 Å². The standard InChI is InChI=1S/C21H20Cl2O4/c1-12(20(24)16-7-6-14-4-3-5-15(14)10-16)27-21(25)13(2)26-19-9-8-17(22)11-18(19)23/h6-13H,3-5H2,1-2H3/t12-,13-/m1/s1. The fourth-order valence-electron chi connectivity index (χ4n) is 3.09. The van der Waals surface area contributed by atoms with Gasteiger partial charge in [0.2, 0.25) is 5.78 Å². The van der Waals surface area contributed by atoms with Crippen molar-refractivity contribution in [2.45, 2.75) is 45.3 Å². The summed E-state index contributed by atoms with van der Waals surface area (Å²) in [5.41, 5.74) is 3.05. The number of hydrogen-bond acceptors (Lipinski definition) is 4. The summed E-state index contributed by atoms with van der Waals surface area (Å²) < 4.78 is 10.8. The Morgan fingerprint density at radius 3 is 2.44 bits per heavy atom. The van der Waals surface area contributed by atoms with Gasteiger partial charge in [-0.05, 0) is 68.5 Å². The number of rotatable bonds is 6. The summed E-state index contributed by atoms with van der Waals surface area (Å²) in [7, 11) is 0. The third kappa shape index (κ3) is 4.63. The summed E-state index contributed by atoms with van der Waals surface area (Å²) in [4.78, 5) is 24.9. The zero-order valence-electron chi connectivity index (χ0n) is 15.1. The predicted molar refractivity (Wildman–Crippen MR) is 105 cm³/mol. The minimum atomic E-state index is -0.918. The van der Waals surface area contributed by atoms with E-state index in [9.17, 15) is 9.59 Å². The summed E-state index contributed by atoms with van der Waals surface area (Å²) in [5, 5.41) is 0.764. The van der Waals surface area contributed by atoms with Crippen molar-refractivity contribution in [3.8, 4) is 5.75 Å². The van der Waals surface area contributed by atoms with E-state index >= 15 is 0 Å². The maximum atomic E-state index is 12.6. The van der Waals surface area contributed by atoms with Crippen molar-refractivity contribution >= 4 is 35.0 Å². The third-order valence-electron chi connectivity index (χ3n) is 4.57. The number of Topliss-reactive ketones (excluding diaryl/α,β-unsaturated/α-hetero) is 1. The molecule has 0 radical (unpaired) electrons. The number of ketones is 1. The number of halogens is 2. The zero-order valence-corrected chi connectivity index (χ0v) is 16.6. The Morgan fingerprint density at radius 2 is 1.70 bits per heavy atom. The van der Waals surface area contributed by atoms with Crippen molar-refractivity contribution in [3.05, 3.63) is 63.1 Å². The van der Waals surface area contributed by atoms with E-state index in [2.05, 4.69) is 0 Å². The Hall–Kier alpha value is -2.04. The lowest BCUT2D eigenvalue weighted by atomic mass is 10.0. The molecular formula is C21H20Cl2O4. The number of hydrogen-bond donors (Lipinski definition) is 0. The molecule has 2 atom stereocenters. The van der Waals surface area contributed by atoms with Crippen LogP contribution in [0.2, 0.25) is 10.0 Å². The first-order valence-electron chi connectivity index (χ1n) is 8.83. The molecule has 0 saturated carbocycles. The predicted octanol–water partition coefficient (Wildman–Crippen LogP) is 5.06. The molecule has 1 aliphatic rings. The Kier molecular flexibility index (Phi) is 6.08. The van der Waals surface area contributed by atoms with E-state index < -0.39 is 18.2 Å². The van der Waals surface area contributed by atoms with Crippen LogP contribution in [0.1, 0.15) is 41.8 Å². The van der Waals surface area contributed by atoms with E-state index in [-0.39, 0.29) is 5.78 Å². The second kappa shape index (κ2) is 8.32. The first-order valence-corrected chi connectivity index (χ1v) is 9.59. The van der Waals surface area contributed by atoms with Gasteiger partial charge in [-0.3, -0.25) is 4.79 Å². The first-order chi connectivity index (χ1) is 12.8. The molecule has 0 amide bonds. The minimum absolute atomic E-state index is 0.227. The molecule has 0 spiro atoms. The SMILES string of the molecule is C[C@@H](Oc1ccc(Cl)cc1Cl)C(=O)O[C@H](C)C(=O)c1ccc2c(c1)CCC2. The second-order valence-electron chi connectivity index (χ2n) is 6.62. The van der Waals surface area contributed by atoms with Gasteiger partial charge in [-0.1, -0.05) is 35.3 Å². The van der Waals surface area contributed by atoms with Gasteiger partial charge >= 0.3 is 5.97 Å². The molecule has 4 nitrogen and oxygen atoms in total. The van der Waals surface area contributed by atoms with Crippen LogP contribution >= 0.6 is 23.2 Å². The highest BCUT2D eigenvalue weighted by Gasteiger charge is 2.25. The smallest absolute Gasteiger partial charge is 0.347 e. The van der Waals surface area contributed by atoms with Crippen molar-refractivity contribution in [2.75, 3.05) is 0 Å². The van der Waals surface area contributed by atoms with Crippen molar-refractivity contribution < 1.29 is 19.1 Å². The van der Waals surface area contributed by atoms with Gasteiger partial charge in [0.1, 0.15) is 5.75 Å². The van der Waals surface area contributed by atoms with E-state index in [1.165, 1.54) is 17.2 Å². The highest BCUT2D eigenvalue weighted by atomic mass is 35.5. The van der Waals surface area contributed by atoms with Crippen molar-refractivity contribution in [1.82, 2.24) is 0 Å². The van der Waals surface area contributed by atoms with Crippen LogP contribution in [0, 0.1) is 0 Å². The fourth-order valence-corrected chi connectivity index (χ4v) is 3.55. The van der Waals surface area contributed by atoms with E-state index in [0.717, 1.165) is 19.3 Å². The normalized spacial score (nSPS) is 15.0. The monoisotopic (exact) mass is 406 g/mol. The number of esters is 1. The van der Waals surface area contributed by atoms with Crippen molar-refractivity contribution in [1.29, 1.82) is 0 Å². The molecule has 0 fully saturated rings. The highest BCUT2D eigenvalue weighted by molar-refractivity contribution is 6.35. The van der Waals surface area contributed by atoms with Gasteiger partial charge in [0.05, 0.1) is 5.02 Å². The van der Waals surface area contributed by atoms with Crippen LogP contribution < -0.4 is 4.74 Å². The molecule has 6 heteroatoms. The molecule has 0 unspecified atom stereocenters. The van der Waals surface area contributed by atoms with Gasteiger partial charge in [-0.2, -0.15) is 0 Å². The van der Waals surface area contributed by atoms with Crippen LogP contribution in [0.25, 0.3) is 0 Å². The molecule has 0 heterocycles. The van der Waals surface area contributed by atoms with Crippen LogP contribution in [-0.4, -0.2) is 24.0 Å². The number of ether oxygens (including phenoxy) is 2. The van der Waals surface area contributed by atoms with Crippen LogP contribution in [0.5, 0.6) is 5.75 Å². The molecule has 0 N–H and O–H groups in total. The Bertz CT molecular complexity index is 878. The number of carbonyl (C=O) groups is 2. The summed E-state index contributed by atoms with van der Waals surface area (Å²) in [5.74, 6) is -0.541. The van der Waals surface area contributed by atoms with Crippen molar-refractivity contribution in [3.63, 3.8) is 0 Å². The average molecular weight is 407 g/mol. The molecule has 2 aromatic carbocycles. The maximum Gasteiger partial charge on any atom is 0.347 e. The number of fused-ring (bicyclic) bond motifs is 1. The van der Waals surface area contributed by atoms with Gasteiger partial charge in [0.15, 0.2) is 12.2 Å². The van der Waals surface area contributed by atoms with Crippen LogP contribution in [-0.2, 0) is 22.4 Å². The van der Waals surface area contributed by atoms with Gasteiger partial charge in [0, 0.05) is 10.6 Å². The lowest BCUT2D eigenvalue weighted by Crippen LogP contribution is -2.32. The molecule has 0 aliphatic heterocycles. The molecule has 1 aliphatic carbocycles. The number of benzene rings is 2. The molecule has 0 saturated heterocycles. The minimum Gasteiger partial charge on any atom is -0.477 e. The lowest BCUT2D eigenvalue weighted by molar-refractivity contribution is -0.153. The average Bonchev–Trinajstić information content (AvgIpc) is 3.10. The second-order valence-corrected chi connectivity index (χ2v) is 7.46. The topological polar surface area (TPSA) is 52.6 Å². The maximum absolute atomic E-state index is 12.6. The number of carbonyl (C=O) groups excluding carboxylic acids is 2. The molecule has 0 aromatic heterocycles. The van der Waals surface area contributed by atoms with Crippen molar-refractivity contribution in [2.24, 2.45) is 0 Å². The van der Waals surface area contributed by atoms with Crippen LogP contribution in [0.3, 0.4) is 0 Å². The summed E-state index contributed by atoms with van der Waals surface area (Å²) in [6.07, 6.45) is 1.33. The third-order valence-corrected chi connectivity index (χ3v) is 5.11. The van der Waals surface area contributed by atoms with Crippen LogP contribution in [0.15, 0.2) is 36.4 Å². The first kappa shape index (κ1) is 19.7. The molecule has 2 aromatic rings. The highest BCUT2D eigenvalue weighted by Crippen LogP contribution is 2.28. The van der Waals surface area contributed by atoms with Gasteiger partial charge < -0.3 is 9.47 Å². The Balaban J connectivity index is 1.61. The molecule has 142 valence electrons. The summed E-state index contributed by atoms with van der Waals surface area (Å²) in [6.45, 7) is 3.11. The van der Waals surface area contributed by atoms with Gasteiger partial charge in [-0.25, -0.2) is 4.79 Å². The van der Waals surface area contributed by atoms with E-state index in [4.69, 9.17) is 32.7 Å². The summed E-state index contributed by atoms with van der Waals surface area (Å²) >= 11 is 11.9. The lowest BCUT2D eigenvalue weighted by Gasteiger charge is -2.18. The Morgan fingerprint density at radius 1 is 0.963 bits per heavy atom. The van der Waals surface area contributed by atoms with E-state index in [1.807, 2.05) is 12.1 Å². The largest absolute Gasteiger partial charge is 0.477 e. The van der Waals surface area contributed by atoms with Crippen LogP contribution in [0.4, 0.5) is 0 Å². The fraction of sp³-hybridized carbons (Fsp3) is 0.333. The Labute approximate surface area is 168 Å². The zero-order chi connectivity index (χ0) is 19.6. The number of aryl methyl sites for hydroxylation is 2. The molecule has 0 bridgehead atoms. The molecular weight excluding hydrogens is 387 g/mol.